The third kappa shape index (κ3) is 3.48. The number of phenols is 2. The number of halogens is 4. The van der Waals surface area contributed by atoms with E-state index in [0.717, 1.165) is 6.42 Å². The van der Waals surface area contributed by atoms with Gasteiger partial charge in [0.1, 0.15) is 5.60 Å². The summed E-state index contributed by atoms with van der Waals surface area (Å²) in [5, 5.41) is 20.4. The van der Waals surface area contributed by atoms with Gasteiger partial charge in [0.15, 0.2) is 11.5 Å². The smallest absolute Gasteiger partial charge is 0.152 e. The molecule has 1 saturated heterocycles. The zero-order chi connectivity index (χ0) is 19.3. The van der Waals surface area contributed by atoms with E-state index in [1.165, 1.54) is 0 Å². The number of phenolic OH excluding ortho intramolecular Hbond substituents is 2. The van der Waals surface area contributed by atoms with Crippen LogP contribution in [0.2, 0.25) is 20.1 Å². The van der Waals surface area contributed by atoms with E-state index in [-0.39, 0.29) is 37.0 Å². The van der Waals surface area contributed by atoms with Crippen molar-refractivity contribution >= 4 is 46.4 Å². The molecule has 0 aliphatic carbocycles. The van der Waals surface area contributed by atoms with Crippen molar-refractivity contribution in [3.63, 3.8) is 0 Å². The van der Waals surface area contributed by atoms with Crippen molar-refractivity contribution < 1.29 is 14.9 Å². The van der Waals surface area contributed by atoms with Crippen LogP contribution in [0.4, 0.5) is 0 Å². The lowest BCUT2D eigenvalue weighted by atomic mass is 9.70. The fraction of sp³-hybridized carbons (Fsp3) is 0.368. The fourth-order valence-electron chi connectivity index (χ4n) is 3.45. The van der Waals surface area contributed by atoms with E-state index >= 15 is 0 Å². The lowest BCUT2D eigenvalue weighted by molar-refractivity contribution is -0.0971. The minimum Gasteiger partial charge on any atom is -0.505 e. The van der Waals surface area contributed by atoms with Gasteiger partial charge in [-0.15, -0.1) is 0 Å². The normalized spacial score (nSPS) is 18.7. The van der Waals surface area contributed by atoms with Gasteiger partial charge < -0.3 is 14.9 Å². The second-order valence-electron chi connectivity index (χ2n) is 7.34. The molecule has 2 aromatic carbocycles. The summed E-state index contributed by atoms with van der Waals surface area (Å²) in [5.41, 5.74) is 0.433. The zero-order valence-corrected chi connectivity index (χ0v) is 17.3. The molecule has 0 amide bonds. The van der Waals surface area contributed by atoms with Crippen molar-refractivity contribution in [2.75, 3.05) is 6.61 Å². The van der Waals surface area contributed by atoms with E-state index in [1.54, 1.807) is 24.3 Å². The summed E-state index contributed by atoms with van der Waals surface area (Å²) in [5.74, 6) is -0.354. The van der Waals surface area contributed by atoms with E-state index < -0.39 is 5.60 Å². The molecule has 26 heavy (non-hydrogen) atoms. The second-order valence-corrected chi connectivity index (χ2v) is 8.97. The summed E-state index contributed by atoms with van der Waals surface area (Å²) in [4.78, 5) is 0. The summed E-state index contributed by atoms with van der Waals surface area (Å²) in [6.07, 6.45) is 1.50. The Morgan fingerprint density at radius 2 is 1.19 bits per heavy atom. The molecule has 0 bridgehead atoms. The molecule has 1 aliphatic heterocycles. The average Bonchev–Trinajstić information content (AvgIpc) is 2.55. The van der Waals surface area contributed by atoms with Crippen molar-refractivity contribution in [2.45, 2.75) is 32.3 Å². The Labute approximate surface area is 172 Å². The summed E-state index contributed by atoms with van der Waals surface area (Å²) >= 11 is 24.7. The molecule has 3 nitrogen and oxygen atoms in total. The van der Waals surface area contributed by atoms with Gasteiger partial charge in [-0.2, -0.15) is 0 Å². The topological polar surface area (TPSA) is 49.7 Å². The Hall–Kier alpha value is -0.840. The number of rotatable bonds is 2. The van der Waals surface area contributed by atoms with Crippen LogP contribution < -0.4 is 0 Å². The minimum atomic E-state index is -0.913. The van der Waals surface area contributed by atoms with Gasteiger partial charge in [0.05, 0.1) is 20.1 Å². The predicted molar refractivity (Wildman–Crippen MR) is 106 cm³/mol. The van der Waals surface area contributed by atoms with Gasteiger partial charge in [0.25, 0.3) is 0 Å². The van der Waals surface area contributed by atoms with Crippen LogP contribution in [0.5, 0.6) is 11.5 Å². The van der Waals surface area contributed by atoms with Crippen LogP contribution >= 0.6 is 46.4 Å². The Kier molecular flexibility index (Phi) is 5.33. The van der Waals surface area contributed by atoms with Gasteiger partial charge in [-0.05, 0) is 53.6 Å². The number of benzene rings is 2. The molecular formula is C19H18Cl4O3. The van der Waals surface area contributed by atoms with Crippen LogP contribution in [-0.4, -0.2) is 16.8 Å². The molecule has 1 fully saturated rings. The first-order valence-electron chi connectivity index (χ1n) is 8.07. The van der Waals surface area contributed by atoms with Crippen molar-refractivity contribution in [1.82, 2.24) is 0 Å². The molecule has 7 heteroatoms. The van der Waals surface area contributed by atoms with Crippen LogP contribution in [0.1, 0.15) is 37.8 Å². The first kappa shape index (κ1) is 19.9. The standard InChI is InChI=1S/C19H18Cl4O3/c1-18(2)3-4-26-19(9-18,10-5-12(20)16(24)13(21)6-10)11-7-14(22)17(25)15(23)8-11/h5-8,24-25H,3-4,9H2,1-2H3. The Bertz CT molecular complexity index is 760. The predicted octanol–water partition coefficient (Wildman–Crippen LogP) is 6.79. The zero-order valence-electron chi connectivity index (χ0n) is 14.2. The lowest BCUT2D eigenvalue weighted by Crippen LogP contribution is -2.42. The quantitative estimate of drug-likeness (QED) is 0.545. The van der Waals surface area contributed by atoms with E-state index in [0.29, 0.717) is 24.2 Å². The number of hydrogen-bond acceptors (Lipinski definition) is 3. The molecule has 0 aromatic heterocycles. The highest BCUT2D eigenvalue weighted by atomic mass is 35.5. The van der Waals surface area contributed by atoms with Gasteiger partial charge in [-0.3, -0.25) is 0 Å². The maximum atomic E-state index is 9.93. The molecule has 0 radical (unpaired) electrons. The average molecular weight is 436 g/mol. The van der Waals surface area contributed by atoms with Crippen LogP contribution in [0.3, 0.4) is 0 Å². The lowest BCUT2D eigenvalue weighted by Gasteiger charge is -2.46. The summed E-state index contributed by atoms with van der Waals surface area (Å²) in [6, 6.07) is 6.55. The third-order valence-corrected chi connectivity index (χ3v) is 5.97. The highest BCUT2D eigenvalue weighted by molar-refractivity contribution is 6.37. The molecule has 2 aromatic rings. The maximum absolute atomic E-state index is 9.93. The van der Waals surface area contributed by atoms with Gasteiger partial charge in [-0.1, -0.05) is 60.3 Å². The Morgan fingerprint density at radius 1 is 0.808 bits per heavy atom. The van der Waals surface area contributed by atoms with Crippen molar-refractivity contribution in [3.05, 3.63) is 55.5 Å². The Balaban J connectivity index is 2.28. The van der Waals surface area contributed by atoms with Crippen molar-refractivity contribution in [1.29, 1.82) is 0 Å². The largest absolute Gasteiger partial charge is 0.505 e. The molecule has 0 spiro atoms. The van der Waals surface area contributed by atoms with Gasteiger partial charge in [-0.25, -0.2) is 0 Å². The minimum absolute atomic E-state index is 0.0358. The van der Waals surface area contributed by atoms with Crippen LogP contribution in [0, 0.1) is 5.41 Å². The monoisotopic (exact) mass is 434 g/mol. The number of aromatic hydroxyl groups is 2. The second kappa shape index (κ2) is 6.96. The molecule has 2 N–H and O–H groups in total. The molecule has 0 saturated carbocycles. The van der Waals surface area contributed by atoms with Gasteiger partial charge >= 0.3 is 0 Å². The van der Waals surface area contributed by atoms with Crippen molar-refractivity contribution in [3.8, 4) is 11.5 Å². The van der Waals surface area contributed by atoms with E-state index in [4.69, 9.17) is 51.1 Å². The van der Waals surface area contributed by atoms with Gasteiger partial charge in [0, 0.05) is 6.61 Å². The number of hydrogen-bond donors (Lipinski definition) is 2. The van der Waals surface area contributed by atoms with Gasteiger partial charge in [0.2, 0.25) is 0 Å². The molecule has 0 unspecified atom stereocenters. The first-order valence-corrected chi connectivity index (χ1v) is 9.58. The Morgan fingerprint density at radius 3 is 1.54 bits per heavy atom. The molecule has 1 aliphatic rings. The SMILES string of the molecule is CC1(C)CCOC(c2cc(Cl)c(O)c(Cl)c2)(c2cc(Cl)c(O)c(Cl)c2)C1. The number of ether oxygens (including phenoxy) is 1. The van der Waals surface area contributed by atoms with Crippen LogP contribution in [-0.2, 0) is 10.3 Å². The molecule has 140 valence electrons. The fourth-order valence-corrected chi connectivity index (χ4v) is 4.42. The van der Waals surface area contributed by atoms with E-state index in [2.05, 4.69) is 13.8 Å². The highest BCUT2D eigenvalue weighted by Gasteiger charge is 2.45. The molecule has 1 heterocycles. The summed E-state index contributed by atoms with van der Waals surface area (Å²) < 4.78 is 6.28. The van der Waals surface area contributed by atoms with E-state index in [1.807, 2.05) is 0 Å². The molecule has 3 rings (SSSR count). The van der Waals surface area contributed by atoms with E-state index in [9.17, 15) is 10.2 Å². The summed E-state index contributed by atoms with van der Waals surface area (Å²) in [6.45, 7) is 4.81. The van der Waals surface area contributed by atoms with Crippen LogP contribution in [0.15, 0.2) is 24.3 Å². The molecular weight excluding hydrogens is 418 g/mol. The highest BCUT2D eigenvalue weighted by Crippen LogP contribution is 2.51. The molecule has 0 atom stereocenters. The van der Waals surface area contributed by atoms with Crippen LogP contribution in [0.25, 0.3) is 0 Å². The maximum Gasteiger partial charge on any atom is 0.152 e. The third-order valence-electron chi connectivity index (χ3n) is 4.82. The first-order chi connectivity index (χ1) is 12.1. The van der Waals surface area contributed by atoms with Crippen molar-refractivity contribution in [2.24, 2.45) is 5.41 Å². The summed E-state index contributed by atoms with van der Waals surface area (Å²) in [7, 11) is 0.